The van der Waals surface area contributed by atoms with E-state index >= 15 is 0 Å². The zero-order valence-electron chi connectivity index (χ0n) is 14.1. The molecule has 2 N–H and O–H groups in total. The molecule has 8 atom stereocenters. The molecular weight excluding hydrogens is 276 g/mol. The number of Topliss-reactive ketones (excluding diaryl/α,β-unsaturated/α-hetero) is 1. The van der Waals surface area contributed by atoms with Gasteiger partial charge in [0.15, 0.2) is 0 Å². The zero-order chi connectivity index (χ0) is 15.9. The quantitative estimate of drug-likeness (QED) is 0.783. The second-order valence-corrected chi connectivity index (χ2v) is 9.34. The molecule has 8 unspecified atom stereocenters. The lowest BCUT2D eigenvalue weighted by molar-refractivity contribution is -0.158. The molecule has 4 saturated carbocycles. The summed E-state index contributed by atoms with van der Waals surface area (Å²) in [5.74, 6) is 2.20. The largest absolute Gasteiger partial charge is 0.396 e. The van der Waals surface area contributed by atoms with E-state index in [0.29, 0.717) is 30.0 Å². The summed E-state index contributed by atoms with van der Waals surface area (Å²) in [5.41, 5.74) is -0.236. The van der Waals surface area contributed by atoms with Gasteiger partial charge >= 0.3 is 0 Å². The smallest absolute Gasteiger partial charge is 0.141 e. The molecule has 0 saturated heterocycles. The Kier molecular flexibility index (Phi) is 3.00. The minimum Gasteiger partial charge on any atom is -0.396 e. The summed E-state index contributed by atoms with van der Waals surface area (Å²) in [6, 6.07) is 0. The van der Waals surface area contributed by atoms with Crippen molar-refractivity contribution < 1.29 is 15.0 Å². The first-order valence-electron chi connectivity index (χ1n) is 9.12. The van der Waals surface area contributed by atoms with Gasteiger partial charge in [0, 0.05) is 18.4 Å². The minimum atomic E-state index is -0.472. The fourth-order valence-electron chi connectivity index (χ4n) is 7.67. The molecule has 0 aromatic carbocycles. The summed E-state index contributed by atoms with van der Waals surface area (Å²) in [6.45, 7) is 6.89. The van der Waals surface area contributed by atoms with E-state index in [-0.39, 0.29) is 28.8 Å². The van der Waals surface area contributed by atoms with Gasteiger partial charge < -0.3 is 10.2 Å². The Morgan fingerprint density at radius 2 is 1.95 bits per heavy atom. The molecule has 0 radical (unpaired) electrons. The van der Waals surface area contributed by atoms with Crippen LogP contribution >= 0.6 is 0 Å². The molecule has 0 aliphatic heterocycles. The van der Waals surface area contributed by atoms with Gasteiger partial charge in [0.2, 0.25) is 0 Å². The highest BCUT2D eigenvalue weighted by molar-refractivity contribution is 5.87. The van der Waals surface area contributed by atoms with Gasteiger partial charge in [0.05, 0.1) is 6.10 Å². The van der Waals surface area contributed by atoms with E-state index in [1.165, 1.54) is 6.42 Å². The topological polar surface area (TPSA) is 57.5 Å². The molecule has 4 aliphatic carbocycles. The van der Waals surface area contributed by atoms with E-state index in [2.05, 4.69) is 20.8 Å². The summed E-state index contributed by atoms with van der Waals surface area (Å²) < 4.78 is 0. The molecule has 0 bridgehead atoms. The number of ketones is 1. The normalized spacial score (nSPS) is 60.2. The van der Waals surface area contributed by atoms with Gasteiger partial charge in [-0.15, -0.1) is 0 Å². The molecule has 22 heavy (non-hydrogen) atoms. The van der Waals surface area contributed by atoms with Gasteiger partial charge in [-0.2, -0.15) is 0 Å². The summed E-state index contributed by atoms with van der Waals surface area (Å²) in [7, 11) is 0. The van der Waals surface area contributed by atoms with E-state index in [1.54, 1.807) is 0 Å². The Labute approximate surface area is 133 Å². The molecule has 124 valence electrons. The van der Waals surface area contributed by atoms with Crippen molar-refractivity contribution in [2.45, 2.75) is 65.4 Å². The van der Waals surface area contributed by atoms with E-state index in [9.17, 15) is 15.0 Å². The van der Waals surface area contributed by atoms with Crippen LogP contribution in [0.1, 0.15) is 59.3 Å². The van der Waals surface area contributed by atoms with E-state index < -0.39 is 6.10 Å². The average molecular weight is 306 g/mol. The van der Waals surface area contributed by atoms with Crippen LogP contribution in [0.3, 0.4) is 0 Å². The van der Waals surface area contributed by atoms with Crippen LogP contribution in [0.4, 0.5) is 0 Å². The number of carbonyl (C=O) groups is 1. The van der Waals surface area contributed by atoms with Crippen molar-refractivity contribution in [2.75, 3.05) is 6.61 Å². The number of rotatable bonds is 1. The zero-order valence-corrected chi connectivity index (χ0v) is 14.1. The number of hydrogen-bond donors (Lipinski definition) is 2. The highest BCUT2D eigenvalue weighted by Gasteiger charge is 2.74. The molecule has 4 rings (SSSR count). The van der Waals surface area contributed by atoms with Crippen LogP contribution in [0, 0.1) is 39.9 Å². The van der Waals surface area contributed by atoms with Gasteiger partial charge in [-0.05, 0) is 66.6 Å². The van der Waals surface area contributed by atoms with Crippen molar-refractivity contribution in [3.05, 3.63) is 0 Å². The minimum absolute atomic E-state index is 0.0199. The first-order valence-corrected chi connectivity index (χ1v) is 9.12. The standard InChI is InChI=1S/C19H30O3/c1-11-14(21)8-15(22)18(3)7-5-13-16-12(9-19(11,13)18)4-6-17(16,2)10-20/h11-14,16,20-21H,4-10H2,1-3H3. The molecular formula is C19H30O3. The highest BCUT2D eigenvalue weighted by Crippen LogP contribution is 2.77. The Morgan fingerprint density at radius 1 is 1.23 bits per heavy atom. The maximum Gasteiger partial charge on any atom is 0.141 e. The highest BCUT2D eigenvalue weighted by atomic mass is 16.3. The van der Waals surface area contributed by atoms with Crippen molar-refractivity contribution in [1.82, 2.24) is 0 Å². The van der Waals surface area contributed by atoms with Crippen LogP contribution in [0.5, 0.6) is 0 Å². The van der Waals surface area contributed by atoms with Crippen LogP contribution < -0.4 is 0 Å². The van der Waals surface area contributed by atoms with Gasteiger partial charge in [-0.3, -0.25) is 4.79 Å². The number of aliphatic hydroxyl groups is 2. The SMILES string of the molecule is CC1C(O)CC(=O)C2(C)CCC3C4C(CCC4(C)CO)CC132. The Hall–Kier alpha value is -0.410. The first kappa shape index (κ1) is 15.1. The average Bonchev–Trinajstić information content (AvgIpc) is 3.08. The fraction of sp³-hybridized carbons (Fsp3) is 0.947. The molecule has 0 aromatic rings. The van der Waals surface area contributed by atoms with Crippen molar-refractivity contribution in [2.24, 2.45) is 39.9 Å². The fourth-order valence-corrected chi connectivity index (χ4v) is 7.67. The van der Waals surface area contributed by atoms with Crippen LogP contribution in [0.2, 0.25) is 0 Å². The second-order valence-electron chi connectivity index (χ2n) is 9.34. The van der Waals surface area contributed by atoms with Gasteiger partial charge in [-0.1, -0.05) is 20.8 Å². The lowest BCUT2D eigenvalue weighted by Gasteiger charge is -2.54. The molecule has 4 aliphatic rings. The summed E-state index contributed by atoms with van der Waals surface area (Å²) in [5, 5.41) is 20.5. The van der Waals surface area contributed by atoms with E-state index in [4.69, 9.17) is 0 Å². The summed E-state index contributed by atoms with van der Waals surface area (Å²) >= 11 is 0. The molecule has 3 nitrogen and oxygen atoms in total. The molecule has 3 heteroatoms. The third-order valence-electron chi connectivity index (χ3n) is 8.84. The Bertz CT molecular complexity index is 517. The monoisotopic (exact) mass is 306 g/mol. The maximum absolute atomic E-state index is 12.8. The summed E-state index contributed by atoms with van der Waals surface area (Å²) in [4.78, 5) is 12.8. The van der Waals surface area contributed by atoms with Crippen molar-refractivity contribution in [3.63, 3.8) is 0 Å². The van der Waals surface area contributed by atoms with E-state index in [0.717, 1.165) is 25.7 Å². The molecule has 4 fully saturated rings. The van der Waals surface area contributed by atoms with Crippen LogP contribution in [0.25, 0.3) is 0 Å². The maximum atomic E-state index is 12.8. The Morgan fingerprint density at radius 3 is 2.64 bits per heavy atom. The van der Waals surface area contributed by atoms with Gasteiger partial charge in [-0.25, -0.2) is 0 Å². The van der Waals surface area contributed by atoms with Crippen LogP contribution in [0.15, 0.2) is 0 Å². The number of fused-ring (bicyclic) bond motifs is 2. The second kappa shape index (κ2) is 4.36. The third-order valence-corrected chi connectivity index (χ3v) is 8.84. The van der Waals surface area contributed by atoms with Gasteiger partial charge in [0.25, 0.3) is 0 Å². The number of hydrogen-bond acceptors (Lipinski definition) is 3. The lowest BCUT2D eigenvalue weighted by atomic mass is 9.50. The molecule has 0 amide bonds. The van der Waals surface area contributed by atoms with Gasteiger partial charge in [0.1, 0.15) is 5.78 Å². The predicted octanol–water partition coefficient (Wildman–Crippen LogP) is 2.79. The third kappa shape index (κ3) is 1.44. The first-order chi connectivity index (χ1) is 10.3. The van der Waals surface area contributed by atoms with Crippen LogP contribution in [-0.2, 0) is 4.79 Å². The summed E-state index contributed by atoms with van der Waals surface area (Å²) in [6.07, 6.45) is 5.37. The molecule has 0 aromatic heterocycles. The molecule has 1 spiro atoms. The number of carbonyl (C=O) groups excluding carboxylic acids is 1. The number of aliphatic hydroxyl groups excluding tert-OH is 2. The van der Waals surface area contributed by atoms with Crippen molar-refractivity contribution >= 4 is 5.78 Å². The Balaban J connectivity index is 1.83. The van der Waals surface area contributed by atoms with Crippen molar-refractivity contribution in [3.8, 4) is 0 Å². The lowest BCUT2D eigenvalue weighted by Crippen LogP contribution is -2.56. The predicted molar refractivity (Wildman–Crippen MR) is 84.1 cm³/mol. The molecule has 0 heterocycles. The van der Waals surface area contributed by atoms with Crippen LogP contribution in [-0.4, -0.2) is 28.7 Å². The van der Waals surface area contributed by atoms with Crippen molar-refractivity contribution in [1.29, 1.82) is 0 Å². The van der Waals surface area contributed by atoms with E-state index in [1.807, 2.05) is 0 Å².